The minimum atomic E-state index is -1.19. The number of aromatic nitrogens is 1. The number of hydrogen-bond donors (Lipinski definition) is 4. The number of carboxylic acids is 1. The van der Waals surface area contributed by atoms with Gasteiger partial charge in [0.1, 0.15) is 24.8 Å². The summed E-state index contributed by atoms with van der Waals surface area (Å²) in [5.41, 5.74) is -0.901. The zero-order valence-electron chi connectivity index (χ0n) is 24.1. The Balaban J connectivity index is 0.00000373. The van der Waals surface area contributed by atoms with Crippen LogP contribution in [0.3, 0.4) is 0 Å². The Morgan fingerprint density at radius 1 is 1.07 bits per heavy atom. The van der Waals surface area contributed by atoms with Crippen molar-refractivity contribution in [3.8, 4) is 0 Å². The number of rotatable bonds is 15. The summed E-state index contributed by atoms with van der Waals surface area (Å²) in [6, 6.07) is 1.55. The fourth-order valence-corrected chi connectivity index (χ4v) is 2.82. The Labute approximate surface area is 238 Å². The average molecular weight is 581 g/mol. The van der Waals surface area contributed by atoms with Crippen molar-refractivity contribution in [1.29, 1.82) is 0 Å². The molecule has 14 nitrogen and oxygen atoms in total. The van der Waals surface area contributed by atoms with E-state index in [1.165, 1.54) is 30.5 Å². The van der Waals surface area contributed by atoms with Gasteiger partial charge in [-0.3, -0.25) is 28.8 Å². The molecular formula is C27H40N4O10. The summed E-state index contributed by atoms with van der Waals surface area (Å²) in [4.78, 5) is 83.0. The van der Waals surface area contributed by atoms with E-state index in [9.17, 15) is 33.6 Å². The maximum Gasteiger partial charge on any atom is 0.330 e. The van der Waals surface area contributed by atoms with Gasteiger partial charge in [-0.05, 0) is 37.8 Å². The fraction of sp³-hybridized carbons (Fsp3) is 0.519. The molecule has 0 fully saturated rings. The number of allylic oxidation sites excluding steroid dienone is 1. The smallest absolute Gasteiger partial charge is 0.330 e. The quantitative estimate of drug-likeness (QED) is 0.171. The topological polar surface area (TPSA) is 199 Å². The Kier molecular flexibility index (Phi) is 18.2. The summed E-state index contributed by atoms with van der Waals surface area (Å²) in [6.45, 7) is 7.52. The summed E-state index contributed by atoms with van der Waals surface area (Å²) in [7, 11) is 1.16. The largest absolute Gasteiger partial charge is 0.481 e. The number of anilines is 1. The molecule has 1 rings (SSSR count). The molecule has 0 unspecified atom stereocenters. The molecule has 4 N–H and O–H groups in total. The van der Waals surface area contributed by atoms with Crippen molar-refractivity contribution >= 4 is 41.3 Å². The first-order valence-electron chi connectivity index (χ1n) is 13.0. The van der Waals surface area contributed by atoms with E-state index in [2.05, 4.69) is 41.5 Å². The molecule has 0 aliphatic rings. The standard InChI is InChI=1S/C23H30N4O10.C4H10/c1-3-37-20(32)9-5-4-7-15(25-17(28)10-11-19(30)31)22(34)26-16-8-6-12-27(23(16)35)14-18(29)24-13-21(33)36-2;1-4(2)3/h5-6,8-9,12,15H,3-4,7,10-11,13-14H2,1-2H3,(H,24,29)(H,25,28)(H,26,34)(H,30,31);4H,1-3H3/b9-5+;/t15-;/m0./s1. The van der Waals surface area contributed by atoms with Gasteiger partial charge in [0, 0.05) is 18.7 Å². The van der Waals surface area contributed by atoms with Gasteiger partial charge in [0.05, 0.1) is 20.1 Å². The highest BCUT2D eigenvalue weighted by Gasteiger charge is 2.22. The van der Waals surface area contributed by atoms with Gasteiger partial charge in [-0.25, -0.2) is 4.79 Å². The predicted molar refractivity (Wildman–Crippen MR) is 149 cm³/mol. The maximum absolute atomic E-state index is 12.9. The van der Waals surface area contributed by atoms with Crippen molar-refractivity contribution in [3.05, 3.63) is 40.8 Å². The number of aliphatic carboxylic acids is 1. The van der Waals surface area contributed by atoms with Crippen molar-refractivity contribution in [2.45, 2.75) is 66.0 Å². The molecule has 0 aliphatic heterocycles. The summed E-state index contributed by atoms with van der Waals surface area (Å²) < 4.78 is 10.2. The lowest BCUT2D eigenvalue weighted by atomic mass is 10.1. The van der Waals surface area contributed by atoms with Gasteiger partial charge >= 0.3 is 17.9 Å². The summed E-state index contributed by atoms with van der Waals surface area (Å²) in [5.74, 6) is -3.70. The molecule has 1 aromatic heterocycles. The van der Waals surface area contributed by atoms with Gasteiger partial charge < -0.3 is 35.1 Å². The number of methoxy groups -OCH3 is 1. The minimum absolute atomic E-state index is 0.0253. The van der Waals surface area contributed by atoms with Gasteiger partial charge in [-0.1, -0.05) is 26.8 Å². The van der Waals surface area contributed by atoms with Gasteiger partial charge in [0.15, 0.2) is 0 Å². The predicted octanol–water partition coefficient (Wildman–Crippen LogP) is 0.987. The highest BCUT2D eigenvalue weighted by molar-refractivity contribution is 5.97. The van der Waals surface area contributed by atoms with Crippen LogP contribution in [0.25, 0.3) is 0 Å². The van der Waals surface area contributed by atoms with Crippen molar-refractivity contribution in [2.75, 3.05) is 25.6 Å². The van der Waals surface area contributed by atoms with Crippen LogP contribution in [0.4, 0.5) is 5.69 Å². The first kappa shape index (κ1) is 36.5. The molecule has 0 spiro atoms. The molecule has 0 saturated heterocycles. The number of carbonyl (C=O) groups is 6. The molecule has 1 heterocycles. The van der Waals surface area contributed by atoms with Crippen molar-refractivity contribution in [2.24, 2.45) is 5.92 Å². The van der Waals surface area contributed by atoms with E-state index < -0.39 is 60.2 Å². The molecule has 0 aromatic carbocycles. The van der Waals surface area contributed by atoms with Crippen LogP contribution in [0.5, 0.6) is 0 Å². The summed E-state index contributed by atoms with van der Waals surface area (Å²) in [5, 5.41) is 15.9. The number of pyridine rings is 1. The lowest BCUT2D eigenvalue weighted by molar-refractivity contribution is -0.141. The zero-order chi connectivity index (χ0) is 31.4. The van der Waals surface area contributed by atoms with E-state index in [1.807, 2.05) is 0 Å². The highest BCUT2D eigenvalue weighted by Crippen LogP contribution is 2.06. The number of ether oxygens (including phenoxy) is 2. The van der Waals surface area contributed by atoms with E-state index >= 15 is 0 Å². The third-order valence-corrected chi connectivity index (χ3v) is 4.63. The second-order valence-electron chi connectivity index (χ2n) is 9.17. The number of carbonyl (C=O) groups excluding carboxylic acids is 5. The van der Waals surface area contributed by atoms with Gasteiger partial charge in [0.25, 0.3) is 5.56 Å². The molecule has 0 radical (unpaired) electrons. The lowest BCUT2D eigenvalue weighted by Gasteiger charge is -2.18. The average Bonchev–Trinajstić information content (AvgIpc) is 2.89. The van der Waals surface area contributed by atoms with Crippen LogP contribution in [0.2, 0.25) is 0 Å². The van der Waals surface area contributed by atoms with Crippen LogP contribution in [0.1, 0.15) is 53.4 Å². The van der Waals surface area contributed by atoms with Crippen molar-refractivity contribution in [1.82, 2.24) is 15.2 Å². The second kappa shape index (κ2) is 20.4. The van der Waals surface area contributed by atoms with Gasteiger partial charge in [0.2, 0.25) is 17.7 Å². The van der Waals surface area contributed by atoms with E-state index in [4.69, 9.17) is 9.84 Å². The number of amides is 3. The SMILES string of the molecule is CC(C)C.CCOC(=O)/C=C/CC[C@H](NC(=O)CCC(=O)O)C(=O)Nc1cccn(CC(=O)NCC(=O)OC)c1=O. The van der Waals surface area contributed by atoms with Crippen LogP contribution < -0.4 is 21.5 Å². The second-order valence-corrected chi connectivity index (χ2v) is 9.17. The Morgan fingerprint density at radius 2 is 1.73 bits per heavy atom. The molecule has 14 heteroatoms. The number of carboxylic acid groups (broad SMARTS) is 1. The molecule has 3 amide bonds. The molecule has 0 aliphatic carbocycles. The van der Waals surface area contributed by atoms with E-state index in [0.29, 0.717) is 0 Å². The van der Waals surface area contributed by atoms with Gasteiger partial charge in [-0.2, -0.15) is 0 Å². The molecule has 0 bridgehead atoms. The number of hydrogen-bond acceptors (Lipinski definition) is 9. The molecular weight excluding hydrogens is 540 g/mol. The van der Waals surface area contributed by atoms with Crippen LogP contribution in [-0.4, -0.2) is 71.6 Å². The third-order valence-electron chi connectivity index (χ3n) is 4.63. The van der Waals surface area contributed by atoms with Crippen molar-refractivity contribution in [3.63, 3.8) is 0 Å². The van der Waals surface area contributed by atoms with Crippen LogP contribution >= 0.6 is 0 Å². The monoisotopic (exact) mass is 580 g/mol. The van der Waals surface area contributed by atoms with E-state index in [0.717, 1.165) is 17.6 Å². The molecule has 1 aromatic rings. The first-order chi connectivity index (χ1) is 19.3. The Morgan fingerprint density at radius 3 is 2.32 bits per heavy atom. The number of nitrogens with zero attached hydrogens (tertiary/aromatic N) is 1. The highest BCUT2D eigenvalue weighted by atomic mass is 16.5. The first-order valence-corrected chi connectivity index (χ1v) is 13.0. The Bertz CT molecular complexity index is 1120. The molecule has 41 heavy (non-hydrogen) atoms. The van der Waals surface area contributed by atoms with E-state index in [1.54, 1.807) is 6.92 Å². The van der Waals surface area contributed by atoms with Crippen LogP contribution in [0.15, 0.2) is 35.3 Å². The summed E-state index contributed by atoms with van der Waals surface area (Å²) >= 11 is 0. The number of esters is 2. The normalized spacial score (nSPS) is 11.1. The van der Waals surface area contributed by atoms with Crippen LogP contribution in [-0.2, 0) is 44.8 Å². The third kappa shape index (κ3) is 17.7. The molecule has 1 atom stereocenters. The Hall–Kier alpha value is -4.49. The van der Waals surface area contributed by atoms with Gasteiger partial charge in [-0.15, -0.1) is 0 Å². The zero-order valence-corrected chi connectivity index (χ0v) is 24.1. The minimum Gasteiger partial charge on any atom is -0.481 e. The molecule has 228 valence electrons. The maximum atomic E-state index is 12.9. The van der Waals surface area contributed by atoms with Crippen LogP contribution in [0, 0.1) is 5.92 Å². The summed E-state index contributed by atoms with van der Waals surface area (Å²) in [6.07, 6.45) is 3.32. The number of nitrogens with one attached hydrogen (secondary N) is 3. The van der Waals surface area contributed by atoms with E-state index in [-0.39, 0.29) is 38.1 Å². The molecule has 0 saturated carbocycles. The lowest BCUT2D eigenvalue weighted by Crippen LogP contribution is -2.44. The van der Waals surface area contributed by atoms with Crippen molar-refractivity contribution < 1.29 is 43.3 Å². The fourth-order valence-electron chi connectivity index (χ4n) is 2.82.